The molecule has 9 rings (SSSR count). The Morgan fingerprint density at radius 1 is 0.410 bits per heavy atom. The van der Waals surface area contributed by atoms with E-state index in [-0.39, 0.29) is 43.8 Å². The first kappa shape index (κ1) is 58.8. The van der Waals surface area contributed by atoms with Gasteiger partial charge in [-0.1, -0.05) is 127 Å². The van der Waals surface area contributed by atoms with Gasteiger partial charge in [0.15, 0.2) is 0 Å². The van der Waals surface area contributed by atoms with Crippen molar-refractivity contribution in [3.63, 3.8) is 0 Å². The second-order valence-corrected chi connectivity index (χ2v) is 21.8. The van der Waals surface area contributed by atoms with E-state index in [1.54, 1.807) is 103 Å². The first-order valence-electron chi connectivity index (χ1n) is 22.5. The van der Waals surface area contributed by atoms with Crippen molar-refractivity contribution in [2.24, 2.45) is 0 Å². The predicted molar refractivity (Wildman–Crippen MR) is 289 cm³/mol. The Labute approximate surface area is 450 Å². The summed E-state index contributed by atoms with van der Waals surface area (Å²) in [7, 11) is -4.21. The van der Waals surface area contributed by atoms with Crippen LogP contribution in [-0.2, 0) is 29.1 Å². The van der Waals surface area contributed by atoms with Gasteiger partial charge >= 0.3 is 0 Å². The summed E-state index contributed by atoms with van der Waals surface area (Å²) < 4.78 is 169. The number of ether oxygens (including phenoxy) is 2. The molecule has 12 nitrogen and oxygen atoms in total. The van der Waals surface area contributed by atoms with Crippen molar-refractivity contribution in [3.8, 4) is 50.6 Å². The lowest BCUT2D eigenvalue weighted by atomic mass is 10.0. The van der Waals surface area contributed by atoms with Crippen LogP contribution in [0.5, 0.6) is 17.2 Å². The van der Waals surface area contributed by atoms with Gasteiger partial charge in [-0.25, -0.2) is 51.6 Å². The molecule has 0 saturated heterocycles. The minimum absolute atomic E-state index is 0.00540. The van der Waals surface area contributed by atoms with E-state index in [9.17, 15) is 56.7 Å². The van der Waals surface area contributed by atoms with Crippen LogP contribution in [0.2, 0.25) is 0 Å². The maximum Gasteiger partial charge on any atom is 0.265 e. The number of rotatable bonds is 12. The molecule has 0 heterocycles. The quantitative estimate of drug-likeness (QED) is 0.0520. The van der Waals surface area contributed by atoms with Crippen molar-refractivity contribution in [2.75, 3.05) is 29.4 Å². The summed E-state index contributed by atoms with van der Waals surface area (Å²) in [6, 6.07) is 48.7. The average Bonchev–Trinajstić information content (AvgIpc) is 3.43. The van der Waals surface area contributed by atoms with Crippen LogP contribution < -0.4 is 24.7 Å². The zero-order valence-corrected chi connectivity index (χ0v) is 43.9. The maximum absolute atomic E-state index is 14.2. The highest BCUT2D eigenvalue weighted by Crippen LogP contribution is 2.34. The standard InChI is InChI=1S/C19H15F2NO3S.C18H13F2NO3S.C12H9F2N.C7H7ClO3S/c1-25-18-9-5-6-10-19(18)26(23,24)22-17-11-14(15(20)12-16(17)21)13-7-3-2-4-8-13;19-14-11-15(20)16(10-13(14)12-6-2-1-3-7-12)21-25(23,24)18-9-5-4-8-17(18)22;13-10-7-11(14)12(15)6-9(10)8-4-2-1-3-5-8;1-11-6-4-2-3-5-7(6)12(8,9)10/h2-12,22H,1H3;1-11,21-22H;1-7H,15H2;2-5H,1H3. The van der Waals surface area contributed by atoms with Crippen molar-refractivity contribution in [1.29, 1.82) is 0 Å². The number of nitrogens with two attached hydrogens (primary N) is 1. The summed E-state index contributed by atoms with van der Waals surface area (Å²) in [5, 5.41) is 9.70. The summed E-state index contributed by atoms with van der Waals surface area (Å²) in [4.78, 5) is -0.554. The fourth-order valence-electron chi connectivity index (χ4n) is 7.08. The third kappa shape index (κ3) is 15.1. The molecule has 5 N–H and O–H groups in total. The minimum Gasteiger partial charge on any atom is -0.507 e. The van der Waals surface area contributed by atoms with E-state index in [0.29, 0.717) is 34.4 Å². The second kappa shape index (κ2) is 26.0. The van der Waals surface area contributed by atoms with Gasteiger partial charge < -0.3 is 20.3 Å². The lowest BCUT2D eigenvalue weighted by molar-refractivity contribution is 0.403. The Morgan fingerprint density at radius 3 is 1.12 bits per heavy atom. The second-order valence-electron chi connectivity index (χ2n) is 16.0. The van der Waals surface area contributed by atoms with Crippen LogP contribution in [0.25, 0.3) is 33.4 Å². The Morgan fingerprint density at radius 2 is 0.731 bits per heavy atom. The van der Waals surface area contributed by atoms with E-state index in [1.807, 2.05) is 6.07 Å². The number of sulfonamides is 2. The molecule has 0 saturated carbocycles. The molecule has 0 atom stereocenters. The molecule has 0 aliphatic rings. The van der Waals surface area contributed by atoms with E-state index in [4.69, 9.17) is 25.9 Å². The van der Waals surface area contributed by atoms with Crippen molar-refractivity contribution in [1.82, 2.24) is 0 Å². The number of phenols is 1. The average molecular weight is 1150 g/mol. The number of nitrogen functional groups attached to an aromatic ring is 1. The molecule has 404 valence electrons. The fourth-order valence-corrected chi connectivity index (χ4v) is 10.5. The molecule has 0 aromatic heterocycles. The van der Waals surface area contributed by atoms with Crippen LogP contribution >= 0.6 is 10.7 Å². The summed E-state index contributed by atoms with van der Waals surface area (Å²) in [5.41, 5.74) is 6.69. The number of hydrogen-bond acceptors (Lipinski definition) is 10. The lowest BCUT2D eigenvalue weighted by Gasteiger charge is -2.13. The van der Waals surface area contributed by atoms with E-state index in [0.717, 1.165) is 18.2 Å². The van der Waals surface area contributed by atoms with Crippen LogP contribution in [-0.4, -0.2) is 44.6 Å². The fraction of sp³-hybridized carbons (Fsp3) is 0.0357. The van der Waals surface area contributed by atoms with Crippen molar-refractivity contribution in [2.45, 2.75) is 14.7 Å². The molecule has 22 heteroatoms. The number of benzene rings is 9. The van der Waals surface area contributed by atoms with Gasteiger partial charge in [-0.2, -0.15) is 0 Å². The smallest absolute Gasteiger partial charge is 0.265 e. The number of nitrogens with one attached hydrogen (secondary N) is 2. The molecule has 9 aromatic carbocycles. The van der Waals surface area contributed by atoms with E-state index < -0.39 is 80.3 Å². The summed E-state index contributed by atoms with van der Waals surface area (Å²) in [6.07, 6.45) is 0. The third-order valence-corrected chi connectivity index (χ3v) is 15.0. The van der Waals surface area contributed by atoms with E-state index in [1.165, 1.54) is 74.9 Å². The third-order valence-electron chi connectivity index (χ3n) is 10.8. The lowest BCUT2D eigenvalue weighted by Crippen LogP contribution is -2.15. The van der Waals surface area contributed by atoms with Crippen LogP contribution in [0.15, 0.2) is 215 Å². The molecule has 9 aromatic rings. The molecular weight excluding hydrogens is 1100 g/mol. The Bertz CT molecular complexity index is 3890. The van der Waals surface area contributed by atoms with Gasteiger partial charge in [0.25, 0.3) is 29.1 Å². The molecule has 0 fully saturated rings. The van der Waals surface area contributed by atoms with Gasteiger partial charge in [0.1, 0.15) is 66.8 Å². The van der Waals surface area contributed by atoms with Crippen molar-refractivity contribution < 1.29 is 66.2 Å². The number of aromatic hydroxyl groups is 1. The molecular formula is C56H44ClF6N3O9S3. The highest BCUT2D eigenvalue weighted by molar-refractivity contribution is 8.13. The monoisotopic (exact) mass is 1150 g/mol. The van der Waals surface area contributed by atoms with Gasteiger partial charge in [-0.15, -0.1) is 0 Å². The van der Waals surface area contributed by atoms with E-state index >= 15 is 0 Å². The summed E-state index contributed by atoms with van der Waals surface area (Å²) in [6.45, 7) is 0. The van der Waals surface area contributed by atoms with Crippen LogP contribution in [0, 0.1) is 34.9 Å². The summed E-state index contributed by atoms with van der Waals surface area (Å²) in [5.74, 6) is -5.10. The maximum atomic E-state index is 14.2. The van der Waals surface area contributed by atoms with Gasteiger partial charge in [0.05, 0.1) is 31.3 Å². The number of halogens is 7. The molecule has 0 aliphatic carbocycles. The molecule has 78 heavy (non-hydrogen) atoms. The van der Waals surface area contributed by atoms with Crippen LogP contribution in [0.3, 0.4) is 0 Å². The van der Waals surface area contributed by atoms with Crippen molar-refractivity contribution in [3.05, 3.63) is 235 Å². The SMILES string of the molecule is COc1ccccc1S(=O)(=O)Cl.COc1ccccc1S(=O)(=O)Nc1cc(-c2ccccc2)c(F)cc1F.Nc1cc(-c2ccccc2)c(F)cc1F.O=S(=O)(Nc1cc(-c2ccccc2)c(F)cc1F)c1ccccc1O. The molecule has 0 unspecified atom stereocenters. The number of hydrogen-bond donors (Lipinski definition) is 4. The van der Waals surface area contributed by atoms with Gasteiger partial charge in [-0.3, -0.25) is 9.44 Å². The van der Waals surface area contributed by atoms with Gasteiger partial charge in [0.2, 0.25) is 0 Å². The van der Waals surface area contributed by atoms with Gasteiger partial charge in [-0.05, 0) is 71.3 Å². The molecule has 0 spiro atoms. The number of methoxy groups -OCH3 is 2. The first-order chi connectivity index (χ1) is 37.0. The number of para-hydroxylation sites is 3. The summed E-state index contributed by atoms with van der Waals surface area (Å²) >= 11 is 0. The normalized spacial score (nSPS) is 11.0. The largest absolute Gasteiger partial charge is 0.507 e. The highest BCUT2D eigenvalue weighted by Gasteiger charge is 2.24. The number of phenolic OH excluding ortho intramolecular Hbond substituents is 1. The van der Waals surface area contributed by atoms with Gasteiger partial charge in [0, 0.05) is 45.6 Å². The minimum atomic E-state index is -4.24. The first-order valence-corrected chi connectivity index (χ1v) is 27.7. The zero-order chi connectivity index (χ0) is 56.8. The van der Waals surface area contributed by atoms with Crippen LogP contribution in [0.4, 0.5) is 43.4 Å². The Hall–Kier alpha value is -8.50. The zero-order valence-electron chi connectivity index (χ0n) is 40.7. The van der Waals surface area contributed by atoms with Crippen LogP contribution in [0.1, 0.15) is 0 Å². The number of anilines is 3. The molecule has 0 amide bonds. The molecule has 0 bridgehead atoms. The van der Waals surface area contributed by atoms with Crippen molar-refractivity contribution >= 4 is 56.8 Å². The Balaban J connectivity index is 0.000000176. The highest BCUT2D eigenvalue weighted by atomic mass is 35.7. The predicted octanol–water partition coefficient (Wildman–Crippen LogP) is 13.4. The van der Waals surface area contributed by atoms with E-state index in [2.05, 4.69) is 9.44 Å². The topological polar surface area (TPSA) is 191 Å². The molecule has 0 aliphatic heterocycles. The molecule has 0 radical (unpaired) electrons. The Kier molecular flexibility index (Phi) is 19.6.